The van der Waals surface area contributed by atoms with Crippen LogP contribution in [-0.4, -0.2) is 11.5 Å². The summed E-state index contributed by atoms with van der Waals surface area (Å²) < 4.78 is 6.04. The molecule has 0 fully saturated rings. The van der Waals surface area contributed by atoms with Gasteiger partial charge < -0.3 is 15.8 Å². The normalized spacial score (nSPS) is 23.2. The Balaban J connectivity index is 1.59. The van der Waals surface area contributed by atoms with Gasteiger partial charge in [-0.15, -0.1) is 0 Å². The Morgan fingerprint density at radius 2 is 2.00 bits per heavy atom. The van der Waals surface area contributed by atoms with Crippen LogP contribution in [0.5, 0.6) is 5.75 Å². The van der Waals surface area contributed by atoms with Gasteiger partial charge in [-0.3, -0.25) is 4.79 Å². The maximum Gasteiger partial charge on any atom is 0.228 e. The highest BCUT2D eigenvalue weighted by atomic mass is 16.5. The molecule has 124 valence electrons. The van der Waals surface area contributed by atoms with Crippen LogP contribution in [-0.2, 0) is 11.2 Å². The van der Waals surface area contributed by atoms with E-state index in [-0.39, 0.29) is 23.5 Å². The average molecular weight is 322 g/mol. The van der Waals surface area contributed by atoms with E-state index in [2.05, 4.69) is 11.4 Å². The second-order valence-corrected chi connectivity index (χ2v) is 7.38. The second kappa shape index (κ2) is 5.26. The molecular formula is C20H22N2O2. The van der Waals surface area contributed by atoms with Crippen LogP contribution in [0, 0.1) is 0 Å². The lowest BCUT2D eigenvalue weighted by molar-refractivity contribution is -0.124. The van der Waals surface area contributed by atoms with Gasteiger partial charge in [0.1, 0.15) is 11.4 Å². The number of hydrogen-bond acceptors (Lipinski definition) is 3. The monoisotopic (exact) mass is 322 g/mol. The van der Waals surface area contributed by atoms with Crippen molar-refractivity contribution in [3.05, 3.63) is 59.2 Å². The van der Waals surface area contributed by atoms with Crippen molar-refractivity contribution in [2.45, 2.75) is 44.2 Å². The van der Waals surface area contributed by atoms with E-state index in [1.807, 2.05) is 50.2 Å². The van der Waals surface area contributed by atoms with Gasteiger partial charge in [-0.25, -0.2) is 0 Å². The fourth-order valence-electron chi connectivity index (χ4n) is 3.77. The Hall–Kier alpha value is -2.49. The second-order valence-electron chi connectivity index (χ2n) is 7.38. The summed E-state index contributed by atoms with van der Waals surface area (Å²) in [6, 6.07) is 13.7. The molecule has 4 rings (SSSR count). The molecule has 2 unspecified atom stereocenters. The molecule has 2 aromatic carbocycles. The number of anilines is 1. The van der Waals surface area contributed by atoms with E-state index >= 15 is 0 Å². The third kappa shape index (κ3) is 2.52. The van der Waals surface area contributed by atoms with Crippen LogP contribution in [0.4, 0.5) is 5.69 Å². The summed E-state index contributed by atoms with van der Waals surface area (Å²) in [7, 11) is 0. The molecule has 2 atom stereocenters. The number of fused-ring (bicyclic) bond motifs is 2. The van der Waals surface area contributed by atoms with E-state index in [9.17, 15) is 4.79 Å². The Morgan fingerprint density at radius 3 is 2.79 bits per heavy atom. The predicted octanol–water partition coefficient (Wildman–Crippen LogP) is 3.33. The third-order valence-corrected chi connectivity index (χ3v) is 4.98. The van der Waals surface area contributed by atoms with Crippen molar-refractivity contribution >= 4 is 11.6 Å². The smallest absolute Gasteiger partial charge is 0.228 e. The molecule has 3 N–H and O–H groups in total. The minimum absolute atomic E-state index is 0.0448. The first-order valence-corrected chi connectivity index (χ1v) is 8.39. The minimum Gasteiger partial charge on any atom is -0.487 e. The van der Waals surface area contributed by atoms with Gasteiger partial charge in [0.2, 0.25) is 5.91 Å². The number of hydrogen-bond donors (Lipinski definition) is 2. The van der Waals surface area contributed by atoms with Crippen molar-refractivity contribution in [1.29, 1.82) is 0 Å². The molecule has 2 aromatic rings. The summed E-state index contributed by atoms with van der Waals surface area (Å²) in [6.07, 6.45) is 1.54. The maximum absolute atomic E-state index is 12.8. The first-order chi connectivity index (χ1) is 11.4. The van der Waals surface area contributed by atoms with E-state index < -0.39 is 0 Å². The van der Waals surface area contributed by atoms with Crippen LogP contribution >= 0.6 is 0 Å². The molecule has 2 aliphatic rings. The lowest BCUT2D eigenvalue weighted by atomic mass is 9.76. The van der Waals surface area contributed by atoms with Crippen molar-refractivity contribution in [3.8, 4) is 5.75 Å². The molecule has 0 bridgehead atoms. The molecule has 4 nitrogen and oxygen atoms in total. The van der Waals surface area contributed by atoms with Crippen LogP contribution in [0.3, 0.4) is 0 Å². The highest BCUT2D eigenvalue weighted by Crippen LogP contribution is 2.41. The summed E-state index contributed by atoms with van der Waals surface area (Å²) in [5.74, 6) is 0.848. The van der Waals surface area contributed by atoms with Crippen LogP contribution in [0.2, 0.25) is 0 Å². The minimum atomic E-state index is -0.321. The van der Waals surface area contributed by atoms with Crippen molar-refractivity contribution < 1.29 is 9.53 Å². The van der Waals surface area contributed by atoms with E-state index in [1.165, 1.54) is 5.56 Å². The largest absolute Gasteiger partial charge is 0.487 e. The molecule has 4 heteroatoms. The Morgan fingerprint density at radius 1 is 1.21 bits per heavy atom. The Bertz CT molecular complexity index is 813. The number of amides is 1. The molecule has 1 aliphatic carbocycles. The van der Waals surface area contributed by atoms with E-state index in [4.69, 9.17) is 10.5 Å². The molecule has 1 amide bonds. The number of nitrogen functional groups attached to an aromatic ring is 1. The molecule has 0 aromatic heterocycles. The van der Waals surface area contributed by atoms with Gasteiger partial charge in [0, 0.05) is 17.7 Å². The molecule has 1 heterocycles. The van der Waals surface area contributed by atoms with Crippen molar-refractivity contribution in [2.24, 2.45) is 0 Å². The first kappa shape index (κ1) is 15.1. The van der Waals surface area contributed by atoms with Crippen LogP contribution in [0.25, 0.3) is 0 Å². The summed E-state index contributed by atoms with van der Waals surface area (Å²) in [5, 5.41) is 3.23. The average Bonchev–Trinajstić information content (AvgIpc) is 2.48. The molecular weight excluding hydrogens is 300 g/mol. The zero-order valence-corrected chi connectivity index (χ0v) is 14.0. The van der Waals surface area contributed by atoms with Crippen molar-refractivity contribution in [1.82, 2.24) is 5.32 Å². The number of ether oxygens (including phenoxy) is 1. The topological polar surface area (TPSA) is 64.4 Å². The van der Waals surface area contributed by atoms with Crippen molar-refractivity contribution in [2.75, 3.05) is 5.73 Å². The molecule has 0 spiro atoms. The van der Waals surface area contributed by atoms with Gasteiger partial charge in [-0.2, -0.15) is 0 Å². The number of rotatable bonds is 2. The van der Waals surface area contributed by atoms with Gasteiger partial charge in [0.15, 0.2) is 0 Å². The molecule has 1 aliphatic heterocycles. The molecule has 0 saturated heterocycles. The van der Waals surface area contributed by atoms with Gasteiger partial charge in [-0.05, 0) is 49.6 Å². The van der Waals surface area contributed by atoms with Gasteiger partial charge in [0.05, 0.1) is 12.0 Å². The number of carbonyl (C=O) groups excluding carboxylic acids is 1. The van der Waals surface area contributed by atoms with Gasteiger partial charge in [-0.1, -0.05) is 24.3 Å². The maximum atomic E-state index is 12.8. The first-order valence-electron chi connectivity index (χ1n) is 8.39. The van der Waals surface area contributed by atoms with Crippen LogP contribution in [0.15, 0.2) is 42.5 Å². The zero-order chi connectivity index (χ0) is 16.9. The zero-order valence-electron chi connectivity index (χ0n) is 14.0. The van der Waals surface area contributed by atoms with Gasteiger partial charge >= 0.3 is 0 Å². The highest BCUT2D eigenvalue weighted by molar-refractivity contribution is 5.87. The molecule has 24 heavy (non-hydrogen) atoms. The SMILES string of the molecule is CC1(C)CC(NC(=O)C2Cc3ccccc32)c2cc(N)ccc2O1. The van der Waals surface area contributed by atoms with E-state index in [0.717, 1.165) is 29.7 Å². The Labute approximate surface area is 142 Å². The standard InChI is InChI=1S/C20H22N2O2/c1-20(2)11-17(16-10-13(21)7-8-18(16)24-20)22-19(23)15-9-12-5-3-4-6-14(12)15/h3-8,10,15,17H,9,11,21H2,1-2H3,(H,22,23). The summed E-state index contributed by atoms with van der Waals surface area (Å²) >= 11 is 0. The van der Waals surface area contributed by atoms with Crippen LogP contribution in [0.1, 0.15) is 48.9 Å². The number of nitrogens with one attached hydrogen (secondary N) is 1. The quantitative estimate of drug-likeness (QED) is 0.834. The fraction of sp³-hybridized carbons (Fsp3) is 0.350. The van der Waals surface area contributed by atoms with Crippen molar-refractivity contribution in [3.63, 3.8) is 0 Å². The fourth-order valence-corrected chi connectivity index (χ4v) is 3.77. The van der Waals surface area contributed by atoms with E-state index in [0.29, 0.717) is 5.69 Å². The molecule has 0 saturated carbocycles. The summed E-state index contributed by atoms with van der Waals surface area (Å²) in [4.78, 5) is 12.8. The van der Waals surface area contributed by atoms with E-state index in [1.54, 1.807) is 0 Å². The highest BCUT2D eigenvalue weighted by Gasteiger charge is 2.38. The van der Waals surface area contributed by atoms with Crippen LogP contribution < -0.4 is 15.8 Å². The lowest BCUT2D eigenvalue weighted by Gasteiger charge is -2.39. The number of benzene rings is 2. The third-order valence-electron chi connectivity index (χ3n) is 4.98. The van der Waals surface area contributed by atoms with Gasteiger partial charge in [0.25, 0.3) is 0 Å². The summed E-state index contributed by atoms with van der Waals surface area (Å²) in [6.45, 7) is 4.09. The summed E-state index contributed by atoms with van der Waals surface area (Å²) in [5.41, 5.74) is 9.69. The predicted molar refractivity (Wildman–Crippen MR) is 93.9 cm³/mol. The lowest BCUT2D eigenvalue weighted by Crippen LogP contribution is -2.44. The number of carbonyl (C=O) groups is 1. The Kier molecular flexibility index (Phi) is 3.30. The number of nitrogens with two attached hydrogens (primary N) is 1. The molecule has 0 radical (unpaired) electrons.